The number of ether oxygens (including phenoxy) is 4. The molecule has 0 fully saturated rings. The second-order valence-electron chi connectivity index (χ2n) is 7.32. The lowest BCUT2D eigenvalue weighted by molar-refractivity contribution is -0.140. The first-order valence-electron chi connectivity index (χ1n) is 10.5. The van der Waals surface area contributed by atoms with E-state index in [1.54, 1.807) is 6.92 Å². The van der Waals surface area contributed by atoms with E-state index < -0.39 is 5.97 Å². The Labute approximate surface area is 177 Å². The predicted molar refractivity (Wildman–Crippen MR) is 115 cm³/mol. The van der Waals surface area contributed by atoms with E-state index in [2.05, 4.69) is 6.58 Å². The molecule has 0 saturated carbocycles. The Morgan fingerprint density at radius 2 is 1.50 bits per heavy atom. The summed E-state index contributed by atoms with van der Waals surface area (Å²) in [5, 5.41) is 11.2. The van der Waals surface area contributed by atoms with Crippen molar-refractivity contribution < 1.29 is 28.8 Å². The topological polar surface area (TPSA) is 74.2 Å². The highest BCUT2D eigenvalue weighted by Crippen LogP contribution is 2.44. The van der Waals surface area contributed by atoms with E-state index in [4.69, 9.17) is 18.9 Å². The van der Waals surface area contributed by atoms with Crippen LogP contribution >= 0.6 is 0 Å². The van der Waals surface area contributed by atoms with Crippen LogP contribution in [0.4, 0.5) is 0 Å². The number of rotatable bonds is 11. The molecule has 30 heavy (non-hydrogen) atoms. The number of hydrogen-bond acceptors (Lipinski definition) is 6. The van der Waals surface area contributed by atoms with Gasteiger partial charge in [-0.05, 0) is 32.6 Å². The van der Waals surface area contributed by atoms with Crippen LogP contribution in [0.5, 0.6) is 11.5 Å². The number of fused-ring (bicyclic) bond motifs is 2. The molecule has 6 nitrogen and oxygen atoms in total. The van der Waals surface area contributed by atoms with E-state index in [9.17, 15) is 9.90 Å². The fourth-order valence-corrected chi connectivity index (χ4v) is 3.71. The van der Waals surface area contributed by atoms with E-state index >= 15 is 0 Å². The molecule has 162 valence electrons. The van der Waals surface area contributed by atoms with Crippen molar-refractivity contribution in [3.05, 3.63) is 47.5 Å². The minimum atomic E-state index is -0.406. The molecule has 6 heteroatoms. The summed E-state index contributed by atoms with van der Waals surface area (Å²) < 4.78 is 22.7. The molecule has 0 bridgehead atoms. The summed E-state index contributed by atoms with van der Waals surface area (Å²) in [6.07, 6.45) is 4.13. The smallest absolute Gasteiger partial charge is 0.333 e. The molecule has 0 amide bonds. The Morgan fingerprint density at radius 3 is 2.07 bits per heavy atom. The molecule has 0 unspecified atom stereocenters. The van der Waals surface area contributed by atoms with Crippen molar-refractivity contribution in [1.82, 2.24) is 0 Å². The summed E-state index contributed by atoms with van der Waals surface area (Å²) in [5.41, 5.74) is 2.76. The number of carbonyl (C=O) groups excluding carboxylic acids is 1. The Kier molecular flexibility index (Phi) is 8.11. The van der Waals surface area contributed by atoms with Crippen molar-refractivity contribution in [3.8, 4) is 11.5 Å². The third kappa shape index (κ3) is 5.32. The minimum Gasteiger partial charge on any atom is -0.490 e. The first-order valence-corrected chi connectivity index (χ1v) is 10.5. The lowest BCUT2D eigenvalue weighted by Crippen LogP contribution is -2.15. The molecule has 2 aromatic carbocycles. The summed E-state index contributed by atoms with van der Waals surface area (Å²) in [5.74, 6) is 1.36. The molecule has 0 spiro atoms. The van der Waals surface area contributed by atoms with Gasteiger partial charge >= 0.3 is 5.97 Å². The van der Waals surface area contributed by atoms with E-state index in [1.165, 1.54) is 11.1 Å². The van der Waals surface area contributed by atoms with Crippen molar-refractivity contribution >= 4 is 16.7 Å². The van der Waals surface area contributed by atoms with Gasteiger partial charge in [0.1, 0.15) is 31.3 Å². The molecule has 0 radical (unpaired) electrons. The van der Waals surface area contributed by atoms with Gasteiger partial charge in [0.2, 0.25) is 0 Å². The van der Waals surface area contributed by atoms with Gasteiger partial charge in [0, 0.05) is 27.5 Å². The van der Waals surface area contributed by atoms with E-state index in [-0.39, 0.29) is 19.8 Å². The lowest BCUT2D eigenvalue weighted by atomic mass is 9.87. The Hall–Kier alpha value is -2.57. The van der Waals surface area contributed by atoms with Crippen LogP contribution in [-0.2, 0) is 27.1 Å². The minimum absolute atomic E-state index is 0.0135. The monoisotopic (exact) mass is 414 g/mol. The second kappa shape index (κ2) is 11.0. The lowest BCUT2D eigenvalue weighted by Gasteiger charge is -2.25. The summed E-state index contributed by atoms with van der Waals surface area (Å²) in [4.78, 5) is 11.3. The van der Waals surface area contributed by atoms with Gasteiger partial charge in [0.25, 0.3) is 0 Å². The van der Waals surface area contributed by atoms with Gasteiger partial charge in [0.15, 0.2) is 0 Å². The second-order valence-corrected chi connectivity index (χ2v) is 7.32. The molecule has 1 aliphatic rings. The highest BCUT2D eigenvalue weighted by molar-refractivity contribution is 5.96. The quantitative estimate of drug-likeness (QED) is 0.344. The molecule has 0 atom stereocenters. The first kappa shape index (κ1) is 22.1. The fourth-order valence-electron chi connectivity index (χ4n) is 3.71. The third-order valence-corrected chi connectivity index (χ3v) is 5.05. The largest absolute Gasteiger partial charge is 0.490 e. The van der Waals surface area contributed by atoms with Gasteiger partial charge in [-0.15, -0.1) is 0 Å². The normalized spacial score (nSPS) is 13.0. The van der Waals surface area contributed by atoms with Crippen LogP contribution in [0, 0.1) is 0 Å². The highest BCUT2D eigenvalue weighted by Gasteiger charge is 2.23. The van der Waals surface area contributed by atoms with Crippen LogP contribution in [0.1, 0.15) is 30.9 Å². The zero-order valence-corrected chi connectivity index (χ0v) is 17.6. The van der Waals surface area contributed by atoms with Gasteiger partial charge in [0.05, 0.1) is 19.8 Å². The maximum Gasteiger partial charge on any atom is 0.333 e. The zero-order chi connectivity index (χ0) is 21.3. The van der Waals surface area contributed by atoms with E-state index in [0.29, 0.717) is 25.4 Å². The average Bonchev–Trinajstić information content (AvgIpc) is 2.77. The van der Waals surface area contributed by atoms with Gasteiger partial charge < -0.3 is 24.1 Å². The van der Waals surface area contributed by atoms with E-state index in [1.807, 2.05) is 24.3 Å². The maximum atomic E-state index is 11.3. The molecule has 1 N–H and O–H groups in total. The van der Waals surface area contributed by atoms with Crippen molar-refractivity contribution in [3.63, 3.8) is 0 Å². The number of carbonyl (C=O) groups is 1. The fraction of sp³-hybridized carbons (Fsp3) is 0.458. The SMILES string of the molecule is C=C(C)C(=O)OCCOCCOc1c2c(c(OCCO)c3ccccc13)CCCC2. The summed E-state index contributed by atoms with van der Waals surface area (Å²) in [7, 11) is 0. The molecular weight excluding hydrogens is 384 g/mol. The zero-order valence-electron chi connectivity index (χ0n) is 17.6. The number of aliphatic hydroxyl groups is 1. The van der Waals surface area contributed by atoms with Gasteiger partial charge in [-0.2, -0.15) is 0 Å². The van der Waals surface area contributed by atoms with Crippen LogP contribution in [0.25, 0.3) is 10.8 Å². The Balaban J connectivity index is 1.68. The van der Waals surface area contributed by atoms with Crippen LogP contribution in [0.15, 0.2) is 36.4 Å². The van der Waals surface area contributed by atoms with Crippen LogP contribution in [0.2, 0.25) is 0 Å². The van der Waals surface area contributed by atoms with Crippen LogP contribution in [-0.4, -0.2) is 50.7 Å². The summed E-state index contributed by atoms with van der Waals surface area (Å²) >= 11 is 0. The maximum absolute atomic E-state index is 11.3. The third-order valence-electron chi connectivity index (χ3n) is 5.05. The van der Waals surface area contributed by atoms with Crippen molar-refractivity contribution in [2.24, 2.45) is 0 Å². The van der Waals surface area contributed by atoms with Crippen molar-refractivity contribution in [2.75, 3.05) is 39.6 Å². The number of esters is 1. The number of aliphatic hydroxyl groups excluding tert-OH is 1. The molecular formula is C24H30O6. The summed E-state index contributed by atoms with van der Waals surface area (Å²) in [6.45, 7) is 6.73. The number of hydrogen-bond donors (Lipinski definition) is 1. The predicted octanol–water partition coefficient (Wildman–Crippen LogP) is 3.60. The molecule has 2 aromatic rings. The Bertz CT molecular complexity index is 889. The number of benzene rings is 2. The summed E-state index contributed by atoms with van der Waals surface area (Å²) in [6, 6.07) is 8.06. The van der Waals surface area contributed by atoms with Crippen LogP contribution in [0.3, 0.4) is 0 Å². The van der Waals surface area contributed by atoms with Crippen LogP contribution < -0.4 is 9.47 Å². The van der Waals surface area contributed by atoms with Crippen molar-refractivity contribution in [1.29, 1.82) is 0 Å². The highest BCUT2D eigenvalue weighted by atomic mass is 16.6. The average molecular weight is 414 g/mol. The first-order chi connectivity index (χ1) is 14.6. The molecule has 0 saturated heterocycles. The van der Waals surface area contributed by atoms with Gasteiger partial charge in [-0.25, -0.2) is 4.79 Å². The van der Waals surface area contributed by atoms with Gasteiger partial charge in [-0.1, -0.05) is 30.8 Å². The molecule has 0 aromatic heterocycles. The molecule has 0 heterocycles. The van der Waals surface area contributed by atoms with Crippen molar-refractivity contribution in [2.45, 2.75) is 32.6 Å². The Morgan fingerprint density at radius 1 is 0.933 bits per heavy atom. The standard InChI is InChI=1S/C24H30O6/c1-17(2)24(26)30-16-14-27-13-15-29-23-20-9-5-3-7-18(20)22(28-12-11-25)19-8-4-6-10-21(19)23/h3,5,7,9,25H,1,4,6,8,10-16H2,2H3. The molecule has 0 aliphatic heterocycles. The molecule has 1 aliphatic carbocycles. The molecule has 3 rings (SSSR count). The van der Waals surface area contributed by atoms with Gasteiger partial charge in [-0.3, -0.25) is 0 Å². The van der Waals surface area contributed by atoms with E-state index in [0.717, 1.165) is 48.0 Å².